The van der Waals surface area contributed by atoms with Crippen molar-refractivity contribution in [3.63, 3.8) is 0 Å². The van der Waals surface area contributed by atoms with Gasteiger partial charge in [0.25, 0.3) is 5.91 Å². The van der Waals surface area contributed by atoms with Crippen LogP contribution in [0.5, 0.6) is 0 Å². The van der Waals surface area contributed by atoms with Crippen molar-refractivity contribution in [1.29, 1.82) is 0 Å². The van der Waals surface area contributed by atoms with Crippen molar-refractivity contribution in [1.82, 2.24) is 9.88 Å². The molecule has 2 aromatic heterocycles. The summed E-state index contributed by atoms with van der Waals surface area (Å²) in [6, 6.07) is 7.99. The first-order valence-electron chi connectivity index (χ1n) is 8.82. The number of carbonyl (C=O) groups excluding carboxylic acids is 1. The van der Waals surface area contributed by atoms with E-state index < -0.39 is 0 Å². The normalized spacial score (nSPS) is 26.4. The van der Waals surface area contributed by atoms with E-state index in [1.54, 1.807) is 17.5 Å². The summed E-state index contributed by atoms with van der Waals surface area (Å²) in [7, 11) is 0. The molecule has 0 unspecified atom stereocenters. The van der Waals surface area contributed by atoms with Gasteiger partial charge in [0.05, 0.1) is 17.5 Å². The molecule has 4 heterocycles. The SMILES string of the molecule is Cc1ncccc1NC(=O)[C@@H]1C[C@H]2CCN(Cc3cccs3)C[C@@H]2O1. The predicted molar refractivity (Wildman–Crippen MR) is 98.6 cm³/mol. The van der Waals surface area contributed by atoms with Crippen molar-refractivity contribution in [3.05, 3.63) is 46.4 Å². The van der Waals surface area contributed by atoms with E-state index in [-0.39, 0.29) is 18.1 Å². The molecular weight excluding hydrogens is 334 g/mol. The fourth-order valence-electron chi connectivity index (χ4n) is 3.76. The Hall–Kier alpha value is -1.76. The molecule has 25 heavy (non-hydrogen) atoms. The Morgan fingerprint density at radius 1 is 1.44 bits per heavy atom. The second kappa shape index (κ2) is 7.23. The molecule has 3 atom stereocenters. The third-order valence-electron chi connectivity index (χ3n) is 5.15. The van der Waals surface area contributed by atoms with Gasteiger partial charge < -0.3 is 10.1 Å². The number of hydrogen-bond donors (Lipinski definition) is 1. The maximum Gasteiger partial charge on any atom is 0.253 e. The third kappa shape index (κ3) is 3.76. The summed E-state index contributed by atoms with van der Waals surface area (Å²) in [5.41, 5.74) is 1.60. The van der Waals surface area contributed by atoms with Crippen molar-refractivity contribution in [2.75, 3.05) is 18.4 Å². The predicted octanol–water partition coefficient (Wildman–Crippen LogP) is 3.07. The highest BCUT2D eigenvalue weighted by Crippen LogP contribution is 2.34. The lowest BCUT2D eigenvalue weighted by Crippen LogP contribution is -2.41. The number of fused-ring (bicyclic) bond motifs is 1. The van der Waals surface area contributed by atoms with Gasteiger partial charge in [-0.05, 0) is 55.8 Å². The van der Waals surface area contributed by atoms with Crippen molar-refractivity contribution < 1.29 is 9.53 Å². The summed E-state index contributed by atoms with van der Waals surface area (Å²) >= 11 is 1.80. The zero-order chi connectivity index (χ0) is 17.2. The number of rotatable bonds is 4. The average Bonchev–Trinajstić information content (AvgIpc) is 3.26. The van der Waals surface area contributed by atoms with Crippen LogP contribution < -0.4 is 5.32 Å². The minimum atomic E-state index is -0.351. The van der Waals surface area contributed by atoms with Gasteiger partial charge in [0.2, 0.25) is 0 Å². The summed E-state index contributed by atoms with van der Waals surface area (Å²) in [6.45, 7) is 4.88. The molecule has 2 saturated heterocycles. The molecular formula is C19H23N3O2S. The van der Waals surface area contributed by atoms with E-state index in [1.165, 1.54) is 4.88 Å². The highest BCUT2D eigenvalue weighted by Gasteiger charge is 2.41. The second-order valence-corrected chi connectivity index (χ2v) is 7.92. The molecule has 2 aliphatic rings. The summed E-state index contributed by atoms with van der Waals surface area (Å²) in [5, 5.41) is 5.09. The van der Waals surface area contributed by atoms with Gasteiger partial charge in [0, 0.05) is 24.2 Å². The molecule has 0 spiro atoms. The van der Waals surface area contributed by atoms with E-state index >= 15 is 0 Å². The van der Waals surface area contributed by atoms with E-state index in [0.29, 0.717) is 5.92 Å². The maximum atomic E-state index is 12.6. The second-order valence-electron chi connectivity index (χ2n) is 6.89. The van der Waals surface area contributed by atoms with Crippen molar-refractivity contribution in [3.8, 4) is 0 Å². The van der Waals surface area contributed by atoms with Gasteiger partial charge in [-0.15, -0.1) is 11.3 Å². The summed E-state index contributed by atoms with van der Waals surface area (Å²) in [4.78, 5) is 20.6. The zero-order valence-electron chi connectivity index (χ0n) is 14.4. The first-order chi connectivity index (χ1) is 12.2. The molecule has 6 heteroatoms. The van der Waals surface area contributed by atoms with Crippen LogP contribution in [0.4, 0.5) is 5.69 Å². The molecule has 1 N–H and O–H groups in total. The summed E-state index contributed by atoms with van der Waals surface area (Å²) in [6.07, 6.45) is 3.47. The minimum Gasteiger partial charge on any atom is -0.364 e. The Labute approximate surface area is 152 Å². The van der Waals surface area contributed by atoms with Crippen molar-refractivity contribution in [2.45, 2.75) is 38.5 Å². The van der Waals surface area contributed by atoms with Crippen LogP contribution in [0, 0.1) is 12.8 Å². The quantitative estimate of drug-likeness (QED) is 0.914. The monoisotopic (exact) mass is 357 g/mol. The van der Waals surface area contributed by atoms with Gasteiger partial charge in [-0.25, -0.2) is 0 Å². The summed E-state index contributed by atoms with van der Waals surface area (Å²) in [5.74, 6) is 0.445. The molecule has 132 valence electrons. The van der Waals surface area contributed by atoms with E-state index in [0.717, 1.165) is 43.9 Å². The molecule has 0 aliphatic carbocycles. The van der Waals surface area contributed by atoms with Crippen LogP contribution in [0.25, 0.3) is 0 Å². The lowest BCUT2D eigenvalue weighted by molar-refractivity contribution is -0.127. The number of nitrogens with one attached hydrogen (secondary N) is 1. The number of ether oxygens (including phenoxy) is 1. The number of piperidine rings is 1. The number of amides is 1. The molecule has 4 rings (SSSR count). The lowest BCUT2D eigenvalue weighted by atomic mass is 9.91. The Kier molecular flexibility index (Phi) is 4.83. The number of nitrogens with zero attached hydrogens (tertiary/aromatic N) is 2. The Morgan fingerprint density at radius 2 is 2.36 bits per heavy atom. The Balaban J connectivity index is 1.34. The third-order valence-corrected chi connectivity index (χ3v) is 6.01. The van der Waals surface area contributed by atoms with Crippen LogP contribution in [0.2, 0.25) is 0 Å². The topological polar surface area (TPSA) is 54.5 Å². The van der Waals surface area contributed by atoms with Crippen LogP contribution in [-0.4, -0.2) is 41.1 Å². The smallest absolute Gasteiger partial charge is 0.253 e. The number of carbonyl (C=O) groups is 1. The van der Waals surface area contributed by atoms with Gasteiger partial charge in [0.1, 0.15) is 6.10 Å². The molecule has 1 amide bonds. The Morgan fingerprint density at radius 3 is 3.16 bits per heavy atom. The molecule has 5 nitrogen and oxygen atoms in total. The number of anilines is 1. The van der Waals surface area contributed by atoms with E-state index in [1.807, 2.05) is 19.1 Å². The number of pyridine rings is 1. The first-order valence-corrected chi connectivity index (χ1v) is 9.69. The molecule has 2 fully saturated rings. The fraction of sp³-hybridized carbons (Fsp3) is 0.474. The van der Waals surface area contributed by atoms with Crippen LogP contribution in [0.3, 0.4) is 0 Å². The largest absolute Gasteiger partial charge is 0.364 e. The van der Waals surface area contributed by atoms with E-state index in [9.17, 15) is 4.79 Å². The zero-order valence-corrected chi connectivity index (χ0v) is 15.2. The molecule has 2 aromatic rings. The minimum absolute atomic E-state index is 0.0460. The van der Waals surface area contributed by atoms with Crippen molar-refractivity contribution >= 4 is 22.9 Å². The number of hydrogen-bond acceptors (Lipinski definition) is 5. The standard InChI is InChI=1S/C19H23N3O2S/c1-13-16(5-2-7-20-13)21-19(23)17-10-14-6-8-22(12-18(14)24-17)11-15-4-3-9-25-15/h2-5,7,9,14,17-18H,6,8,10-12H2,1H3,(H,21,23)/t14-,17+,18+/m1/s1. The number of likely N-dealkylation sites (tertiary alicyclic amines) is 1. The highest BCUT2D eigenvalue weighted by atomic mass is 32.1. The lowest BCUT2D eigenvalue weighted by Gasteiger charge is -2.33. The number of aryl methyl sites for hydroxylation is 1. The number of aromatic nitrogens is 1. The van der Waals surface area contributed by atoms with Gasteiger partial charge in [0.15, 0.2) is 0 Å². The van der Waals surface area contributed by atoms with Crippen LogP contribution in [0.15, 0.2) is 35.8 Å². The van der Waals surface area contributed by atoms with Crippen LogP contribution in [0.1, 0.15) is 23.4 Å². The highest BCUT2D eigenvalue weighted by molar-refractivity contribution is 7.09. The number of thiophene rings is 1. The van der Waals surface area contributed by atoms with Gasteiger partial charge in [-0.3, -0.25) is 14.7 Å². The van der Waals surface area contributed by atoms with Gasteiger partial charge in [-0.2, -0.15) is 0 Å². The van der Waals surface area contributed by atoms with Crippen LogP contribution in [-0.2, 0) is 16.1 Å². The van der Waals surface area contributed by atoms with Crippen molar-refractivity contribution in [2.24, 2.45) is 5.92 Å². The molecule has 0 saturated carbocycles. The van der Waals surface area contributed by atoms with Gasteiger partial charge in [-0.1, -0.05) is 6.07 Å². The molecule has 2 aliphatic heterocycles. The molecule has 0 bridgehead atoms. The molecule has 0 aromatic carbocycles. The van der Waals surface area contributed by atoms with E-state index in [4.69, 9.17) is 4.74 Å². The van der Waals surface area contributed by atoms with Gasteiger partial charge >= 0.3 is 0 Å². The van der Waals surface area contributed by atoms with Crippen LogP contribution >= 0.6 is 11.3 Å². The summed E-state index contributed by atoms with van der Waals surface area (Å²) < 4.78 is 6.12. The Bertz CT molecular complexity index is 734. The fourth-order valence-corrected chi connectivity index (χ4v) is 4.51. The van der Waals surface area contributed by atoms with E-state index in [2.05, 4.69) is 32.7 Å². The average molecular weight is 357 g/mol. The first kappa shape index (κ1) is 16.7. The maximum absolute atomic E-state index is 12.6. The molecule has 0 radical (unpaired) electrons.